The van der Waals surface area contributed by atoms with E-state index in [4.69, 9.17) is 9.47 Å². The molecule has 1 atom stereocenters. The lowest BCUT2D eigenvalue weighted by atomic mass is 10.1. The van der Waals surface area contributed by atoms with Crippen LogP contribution in [0.15, 0.2) is 28.0 Å². The Kier molecular flexibility index (Phi) is 7.58. The van der Waals surface area contributed by atoms with E-state index >= 15 is 0 Å². The molecule has 1 saturated heterocycles. The van der Waals surface area contributed by atoms with Crippen LogP contribution in [-0.4, -0.2) is 47.8 Å². The Hall–Kier alpha value is -1.02. The highest BCUT2D eigenvalue weighted by atomic mass is 32.2. The van der Waals surface area contributed by atoms with Crippen LogP contribution in [0.5, 0.6) is 0 Å². The van der Waals surface area contributed by atoms with Crippen molar-refractivity contribution in [2.45, 2.75) is 55.6 Å². The summed E-state index contributed by atoms with van der Waals surface area (Å²) in [4.78, 5) is 27.1. The number of esters is 1. The van der Waals surface area contributed by atoms with Gasteiger partial charge in [0.15, 0.2) is 5.12 Å². The fraction of sp³-hybridized carbons (Fsp3) is 0.579. The topological polar surface area (TPSA) is 55.8 Å². The highest BCUT2D eigenvalue weighted by Crippen LogP contribution is 2.31. The summed E-state index contributed by atoms with van der Waals surface area (Å²) in [6, 6.07) is 5.78. The highest BCUT2D eigenvalue weighted by Gasteiger charge is 2.25. The van der Waals surface area contributed by atoms with Crippen molar-refractivity contribution in [3.05, 3.63) is 23.8 Å². The summed E-state index contributed by atoms with van der Waals surface area (Å²) < 4.78 is 11.3. The second-order valence-corrected chi connectivity index (χ2v) is 9.04. The van der Waals surface area contributed by atoms with Crippen LogP contribution in [0.1, 0.15) is 45.8 Å². The van der Waals surface area contributed by atoms with Crippen molar-refractivity contribution in [3.63, 3.8) is 0 Å². The van der Waals surface area contributed by atoms with Gasteiger partial charge in [0.2, 0.25) is 0 Å². The van der Waals surface area contributed by atoms with E-state index in [1.807, 2.05) is 39.0 Å². The zero-order valence-corrected chi connectivity index (χ0v) is 17.5. The van der Waals surface area contributed by atoms with Gasteiger partial charge in [0, 0.05) is 36.3 Å². The summed E-state index contributed by atoms with van der Waals surface area (Å²) in [5.41, 5.74) is 0.550. The molecule has 1 aromatic rings. The molecule has 0 bridgehead atoms. The number of hydrogen-bond acceptors (Lipinski definition) is 7. The zero-order valence-electron chi connectivity index (χ0n) is 15.8. The molecule has 144 valence electrons. The smallest absolute Gasteiger partial charge is 0.307 e. The van der Waals surface area contributed by atoms with Gasteiger partial charge in [-0.2, -0.15) is 0 Å². The predicted molar refractivity (Wildman–Crippen MR) is 106 cm³/mol. The van der Waals surface area contributed by atoms with E-state index in [0.717, 1.165) is 21.9 Å². The van der Waals surface area contributed by atoms with Crippen LogP contribution in [0, 0.1) is 0 Å². The molecule has 26 heavy (non-hydrogen) atoms. The Morgan fingerprint density at radius 2 is 2.12 bits per heavy atom. The van der Waals surface area contributed by atoms with Crippen LogP contribution in [0.3, 0.4) is 0 Å². The normalized spacial score (nSPS) is 18.6. The SMILES string of the molecule is CC(=O)Sc1ccc(C2CN(CCC(=O)OC(C)(C)C)CCO2)c(S)c1. The number of thiol groups is 1. The minimum Gasteiger partial charge on any atom is -0.460 e. The number of nitrogens with zero attached hydrogens (tertiary/aromatic N) is 1. The lowest BCUT2D eigenvalue weighted by Gasteiger charge is -2.33. The van der Waals surface area contributed by atoms with Crippen LogP contribution >= 0.6 is 24.4 Å². The maximum atomic E-state index is 11.9. The first-order valence-corrected chi connectivity index (χ1v) is 9.97. The number of morpholine rings is 1. The number of rotatable bonds is 5. The van der Waals surface area contributed by atoms with Crippen LogP contribution in [0.25, 0.3) is 0 Å². The van der Waals surface area contributed by atoms with E-state index in [1.165, 1.54) is 11.8 Å². The van der Waals surface area contributed by atoms with E-state index in [2.05, 4.69) is 17.5 Å². The number of thioether (sulfide) groups is 1. The van der Waals surface area contributed by atoms with Crippen molar-refractivity contribution >= 4 is 35.5 Å². The molecule has 1 aromatic carbocycles. The average Bonchev–Trinajstić information content (AvgIpc) is 2.51. The molecule has 1 fully saturated rings. The quantitative estimate of drug-likeness (QED) is 0.464. The molecule has 1 unspecified atom stereocenters. The van der Waals surface area contributed by atoms with Gasteiger partial charge in [-0.1, -0.05) is 17.8 Å². The second kappa shape index (κ2) is 9.26. The van der Waals surface area contributed by atoms with Crippen molar-refractivity contribution in [1.29, 1.82) is 0 Å². The van der Waals surface area contributed by atoms with Gasteiger partial charge in [-0.05, 0) is 38.5 Å². The van der Waals surface area contributed by atoms with E-state index < -0.39 is 5.60 Å². The van der Waals surface area contributed by atoms with Crippen LogP contribution in [-0.2, 0) is 19.1 Å². The van der Waals surface area contributed by atoms with Gasteiger partial charge < -0.3 is 9.47 Å². The number of ether oxygens (including phenoxy) is 2. The van der Waals surface area contributed by atoms with Crippen molar-refractivity contribution < 1.29 is 19.1 Å². The van der Waals surface area contributed by atoms with Crippen LogP contribution in [0.4, 0.5) is 0 Å². The molecule has 7 heteroatoms. The average molecular weight is 398 g/mol. The first kappa shape index (κ1) is 21.3. The minimum atomic E-state index is -0.453. The fourth-order valence-corrected chi connectivity index (χ4v) is 3.85. The lowest BCUT2D eigenvalue weighted by Crippen LogP contribution is -2.40. The van der Waals surface area contributed by atoms with Crippen molar-refractivity contribution in [3.8, 4) is 0 Å². The summed E-state index contributed by atoms with van der Waals surface area (Å²) in [6.07, 6.45) is 0.276. The summed E-state index contributed by atoms with van der Waals surface area (Å²) in [6.45, 7) is 9.91. The summed E-state index contributed by atoms with van der Waals surface area (Å²) in [5, 5.41) is 0.0488. The lowest BCUT2D eigenvalue weighted by molar-refractivity contribution is -0.155. The van der Waals surface area contributed by atoms with Crippen molar-refractivity contribution in [1.82, 2.24) is 4.90 Å². The Morgan fingerprint density at radius 3 is 2.73 bits per heavy atom. The van der Waals surface area contributed by atoms with Crippen LogP contribution < -0.4 is 0 Å². The molecule has 1 aliphatic rings. The van der Waals surface area contributed by atoms with Gasteiger partial charge in [0.05, 0.1) is 19.1 Å². The molecule has 0 aromatic heterocycles. The summed E-state index contributed by atoms with van der Waals surface area (Å²) >= 11 is 5.76. The van der Waals surface area contributed by atoms with Crippen LogP contribution in [0.2, 0.25) is 0 Å². The van der Waals surface area contributed by atoms with E-state index in [-0.39, 0.29) is 17.2 Å². The van der Waals surface area contributed by atoms with E-state index in [0.29, 0.717) is 26.1 Å². The van der Waals surface area contributed by atoms with Gasteiger partial charge in [0.25, 0.3) is 0 Å². The van der Waals surface area contributed by atoms with Crippen molar-refractivity contribution in [2.75, 3.05) is 26.2 Å². The molecule has 1 aliphatic heterocycles. The molecule has 2 rings (SSSR count). The predicted octanol–water partition coefficient (Wildman–Crippen LogP) is 3.72. The molecule has 0 aliphatic carbocycles. The summed E-state index contributed by atoms with van der Waals surface area (Å²) in [5.74, 6) is -0.180. The first-order chi connectivity index (χ1) is 12.1. The van der Waals surface area contributed by atoms with Gasteiger partial charge in [-0.25, -0.2) is 0 Å². The molecular formula is C19H27NO4S2. The number of carbonyl (C=O) groups is 2. The third-order valence-corrected chi connectivity index (χ3v) is 4.98. The third-order valence-electron chi connectivity index (χ3n) is 3.81. The maximum absolute atomic E-state index is 11.9. The monoisotopic (exact) mass is 397 g/mol. The molecule has 0 N–H and O–H groups in total. The molecule has 1 heterocycles. The summed E-state index contributed by atoms with van der Waals surface area (Å²) in [7, 11) is 0. The Balaban J connectivity index is 1.93. The van der Waals surface area contributed by atoms with Gasteiger partial charge in [0.1, 0.15) is 5.60 Å². The number of benzene rings is 1. The van der Waals surface area contributed by atoms with Gasteiger partial charge in [-0.3, -0.25) is 14.5 Å². The Labute approximate surface area is 165 Å². The number of carbonyl (C=O) groups excluding carboxylic acids is 2. The molecule has 0 spiro atoms. The molecule has 0 radical (unpaired) electrons. The third kappa shape index (κ3) is 6.95. The first-order valence-electron chi connectivity index (χ1n) is 8.71. The zero-order chi connectivity index (χ0) is 19.3. The van der Waals surface area contributed by atoms with Gasteiger partial charge in [-0.15, -0.1) is 12.6 Å². The largest absolute Gasteiger partial charge is 0.460 e. The molecule has 0 saturated carbocycles. The maximum Gasteiger partial charge on any atom is 0.307 e. The van der Waals surface area contributed by atoms with Gasteiger partial charge >= 0.3 is 5.97 Å². The molecule has 0 amide bonds. The van der Waals surface area contributed by atoms with E-state index in [9.17, 15) is 9.59 Å². The minimum absolute atomic E-state index is 0.0488. The molecule has 5 nitrogen and oxygen atoms in total. The van der Waals surface area contributed by atoms with E-state index in [1.54, 1.807) is 6.92 Å². The number of hydrogen-bond donors (Lipinski definition) is 1. The highest BCUT2D eigenvalue weighted by molar-refractivity contribution is 8.13. The standard InChI is InChI=1S/C19H27NO4S2/c1-13(21)26-14-5-6-15(17(25)11-14)16-12-20(9-10-23-16)8-7-18(22)24-19(2,3)4/h5-6,11,16,25H,7-10,12H2,1-4H3. The Bertz CT molecular complexity index is 657. The second-order valence-electron chi connectivity index (χ2n) is 7.31. The molecular weight excluding hydrogens is 370 g/mol. The fourth-order valence-electron chi connectivity index (χ4n) is 2.76. The van der Waals surface area contributed by atoms with Crippen molar-refractivity contribution in [2.24, 2.45) is 0 Å². The Morgan fingerprint density at radius 1 is 1.38 bits per heavy atom.